The van der Waals surface area contributed by atoms with Crippen molar-refractivity contribution in [2.75, 3.05) is 9.80 Å². The molecule has 4 aliphatic carbocycles. The molecule has 14 aromatic rings. The van der Waals surface area contributed by atoms with Crippen molar-refractivity contribution < 1.29 is 0 Å². The molecule has 3 heteroatoms. The van der Waals surface area contributed by atoms with Crippen LogP contribution in [-0.4, -0.2) is 4.40 Å². The molecule has 0 aliphatic heterocycles. The van der Waals surface area contributed by atoms with Crippen LogP contribution >= 0.6 is 0 Å². The minimum Gasteiger partial charge on any atom is -0.310 e. The van der Waals surface area contributed by atoms with Crippen molar-refractivity contribution in [1.29, 1.82) is 0 Å². The highest BCUT2D eigenvalue weighted by molar-refractivity contribution is 6.29. The van der Waals surface area contributed by atoms with Crippen LogP contribution in [0.3, 0.4) is 0 Å². The van der Waals surface area contributed by atoms with Crippen molar-refractivity contribution in [3.05, 3.63) is 305 Å². The van der Waals surface area contributed by atoms with Gasteiger partial charge >= 0.3 is 0 Å². The summed E-state index contributed by atoms with van der Waals surface area (Å²) in [5.41, 5.74) is 30.4. The monoisotopic (exact) mass is 1050 g/mol. The van der Waals surface area contributed by atoms with Gasteiger partial charge in [-0.3, -0.25) is 0 Å². The first-order valence-corrected chi connectivity index (χ1v) is 29.0. The smallest absolute Gasteiger partial charge is 0.0727 e. The van der Waals surface area contributed by atoms with E-state index in [9.17, 15) is 0 Å². The number of hydrogen-bond donors (Lipinski definition) is 0. The predicted molar refractivity (Wildman–Crippen MR) is 342 cm³/mol. The zero-order chi connectivity index (χ0) is 54.4. The van der Waals surface area contributed by atoms with Crippen LogP contribution in [-0.2, 0) is 16.2 Å². The van der Waals surface area contributed by atoms with Crippen LogP contribution < -0.4 is 9.80 Å². The highest BCUT2D eigenvalue weighted by atomic mass is 15.2. The Morgan fingerprint density at radius 1 is 0.280 bits per heavy atom. The van der Waals surface area contributed by atoms with Crippen molar-refractivity contribution in [3.8, 4) is 44.5 Å². The maximum absolute atomic E-state index is 2.65. The van der Waals surface area contributed by atoms with Crippen LogP contribution in [0.5, 0.6) is 0 Å². The zero-order valence-corrected chi connectivity index (χ0v) is 46.2. The van der Waals surface area contributed by atoms with E-state index in [-0.39, 0.29) is 10.8 Å². The summed E-state index contributed by atoms with van der Waals surface area (Å²) in [6.07, 6.45) is 0. The number of fused-ring (bicyclic) bond motifs is 23. The molecule has 82 heavy (non-hydrogen) atoms. The maximum atomic E-state index is 2.65. The largest absolute Gasteiger partial charge is 0.310 e. The summed E-state index contributed by atoms with van der Waals surface area (Å²) in [4.78, 5) is 5.17. The molecule has 0 atom stereocenters. The number of rotatable bonds is 6. The fourth-order valence-electron chi connectivity index (χ4n) is 16.3. The maximum Gasteiger partial charge on any atom is 0.0727 e. The molecule has 2 heterocycles. The van der Waals surface area contributed by atoms with Crippen molar-refractivity contribution in [2.45, 2.75) is 43.9 Å². The van der Waals surface area contributed by atoms with Crippen LogP contribution in [0.25, 0.3) is 82.6 Å². The molecule has 0 radical (unpaired) electrons. The van der Waals surface area contributed by atoms with E-state index in [1.54, 1.807) is 0 Å². The van der Waals surface area contributed by atoms with Gasteiger partial charge in [0, 0.05) is 66.1 Å². The molecule has 0 amide bonds. The summed E-state index contributed by atoms with van der Waals surface area (Å²) in [5.74, 6) is 0. The van der Waals surface area contributed by atoms with Gasteiger partial charge in [-0.2, -0.15) is 0 Å². The van der Waals surface area contributed by atoms with E-state index in [0.29, 0.717) is 0 Å². The molecule has 386 valence electrons. The van der Waals surface area contributed by atoms with E-state index in [2.05, 4.69) is 303 Å². The number of para-hydroxylation sites is 4. The van der Waals surface area contributed by atoms with E-state index < -0.39 is 5.41 Å². The third-order valence-electron chi connectivity index (χ3n) is 19.7. The van der Waals surface area contributed by atoms with Gasteiger partial charge in [-0.1, -0.05) is 228 Å². The van der Waals surface area contributed by atoms with E-state index in [4.69, 9.17) is 0 Å². The van der Waals surface area contributed by atoms with E-state index in [1.807, 2.05) is 0 Å². The van der Waals surface area contributed by atoms with Crippen LogP contribution in [0.4, 0.5) is 34.1 Å². The Labute approximate surface area is 477 Å². The van der Waals surface area contributed by atoms with E-state index in [1.165, 1.54) is 138 Å². The van der Waals surface area contributed by atoms with Crippen molar-refractivity contribution in [2.24, 2.45) is 0 Å². The van der Waals surface area contributed by atoms with E-state index >= 15 is 0 Å². The minimum absolute atomic E-state index is 0.165. The van der Waals surface area contributed by atoms with Crippen LogP contribution in [0.1, 0.15) is 72.2 Å². The van der Waals surface area contributed by atoms with Crippen molar-refractivity contribution in [3.63, 3.8) is 0 Å². The number of aromatic nitrogens is 1. The Balaban J connectivity index is 1.02. The molecule has 2 aromatic heterocycles. The standard InChI is InChI=1S/C79H55N3/c1-77(2)59-35-16-13-31-55(59)71-63(77)39-22-42-68(71)80(48-24-7-5-8-25-48)50-44-45-57-65(46-50)79(61-37-18-11-28-51(61)52-29-12-19-38-62(52)79)66-47-70(74-58-34-21-33-54-53-30-15-20-41-67(53)82(75(54)58)76(74)73(57)66)81(49-26-9-6-10-27-49)69-43-23-40-64-72(69)56-32-14-17-36-60(56)78(64,3)4/h5-47H,1-4H3. The average Bonchev–Trinajstić information content (AvgIpc) is 1.56. The second-order valence-electron chi connectivity index (χ2n) is 24.2. The first-order valence-electron chi connectivity index (χ1n) is 29.0. The molecule has 12 aromatic carbocycles. The second-order valence-corrected chi connectivity index (χ2v) is 24.2. The van der Waals surface area contributed by atoms with Crippen LogP contribution in [0, 0.1) is 0 Å². The second kappa shape index (κ2) is 16.1. The van der Waals surface area contributed by atoms with Crippen LogP contribution in [0.2, 0.25) is 0 Å². The van der Waals surface area contributed by atoms with Gasteiger partial charge < -0.3 is 14.2 Å². The quantitative estimate of drug-likeness (QED) is 0.164. The van der Waals surface area contributed by atoms with Crippen LogP contribution in [0.15, 0.2) is 261 Å². The summed E-state index contributed by atoms with van der Waals surface area (Å²) < 4.78 is 2.65. The molecule has 0 fully saturated rings. The number of hydrogen-bond acceptors (Lipinski definition) is 2. The molecular formula is C79H55N3. The zero-order valence-electron chi connectivity index (χ0n) is 46.2. The summed E-state index contributed by atoms with van der Waals surface area (Å²) >= 11 is 0. The highest BCUT2D eigenvalue weighted by Crippen LogP contribution is 2.67. The lowest BCUT2D eigenvalue weighted by atomic mass is 9.70. The Hall–Kier alpha value is -9.96. The fraction of sp³-hybridized carbons (Fsp3) is 0.0886. The molecule has 0 N–H and O–H groups in total. The van der Waals surface area contributed by atoms with Gasteiger partial charge in [0.05, 0.1) is 39.0 Å². The lowest BCUT2D eigenvalue weighted by molar-refractivity contribution is 0.660. The molecule has 0 bridgehead atoms. The van der Waals surface area contributed by atoms with Crippen molar-refractivity contribution >= 4 is 72.2 Å². The third-order valence-corrected chi connectivity index (χ3v) is 19.7. The molecule has 1 spiro atoms. The van der Waals surface area contributed by atoms with Gasteiger partial charge in [0.1, 0.15) is 0 Å². The average molecular weight is 1050 g/mol. The first-order chi connectivity index (χ1) is 40.3. The Morgan fingerprint density at radius 3 is 1.37 bits per heavy atom. The third kappa shape index (κ3) is 5.61. The topological polar surface area (TPSA) is 10.9 Å². The number of benzene rings is 12. The molecule has 18 rings (SSSR count). The molecule has 0 saturated heterocycles. The lowest BCUT2D eigenvalue weighted by Crippen LogP contribution is -2.26. The SMILES string of the molecule is CC1(C)c2ccccc2-c2c(N(c3ccccc3)c3ccc4c(c3)C3(c5ccccc5-c5ccccc53)c3cc(N(c5ccccc5)c5cccc6c5-c5ccccc5C6(C)C)c5c6cccc7c8ccccc8n(c5c3-4)c76)cccc21. The van der Waals surface area contributed by atoms with Gasteiger partial charge in [0.25, 0.3) is 0 Å². The number of anilines is 6. The van der Waals surface area contributed by atoms with Gasteiger partial charge in [-0.15, -0.1) is 0 Å². The summed E-state index contributed by atoms with van der Waals surface area (Å²) in [6, 6.07) is 99.3. The van der Waals surface area contributed by atoms with Gasteiger partial charge in [0.2, 0.25) is 0 Å². The Morgan fingerprint density at radius 2 is 0.744 bits per heavy atom. The van der Waals surface area contributed by atoms with Gasteiger partial charge in [-0.05, 0) is 133 Å². The normalized spacial score (nSPS) is 14.9. The minimum atomic E-state index is -0.723. The molecule has 0 unspecified atom stereocenters. The molecule has 4 aliphatic rings. The van der Waals surface area contributed by atoms with E-state index in [0.717, 1.165) is 22.7 Å². The van der Waals surface area contributed by atoms with Gasteiger partial charge in [0.15, 0.2) is 0 Å². The number of nitrogens with zero attached hydrogens (tertiary/aromatic N) is 3. The Kier molecular flexibility index (Phi) is 9.01. The molecular weight excluding hydrogens is 991 g/mol. The van der Waals surface area contributed by atoms with Crippen molar-refractivity contribution in [1.82, 2.24) is 4.40 Å². The first kappa shape index (κ1) is 45.9. The summed E-state index contributed by atoms with van der Waals surface area (Å²) in [7, 11) is 0. The molecule has 0 saturated carbocycles. The molecule has 3 nitrogen and oxygen atoms in total. The summed E-state index contributed by atoms with van der Waals surface area (Å²) in [5, 5.41) is 5.03. The summed E-state index contributed by atoms with van der Waals surface area (Å²) in [6.45, 7) is 9.56. The predicted octanol–water partition coefficient (Wildman–Crippen LogP) is 20.7. The fourth-order valence-corrected chi connectivity index (χ4v) is 16.3. The highest BCUT2D eigenvalue weighted by Gasteiger charge is 2.54. The van der Waals surface area contributed by atoms with Gasteiger partial charge in [-0.25, -0.2) is 0 Å². The lowest BCUT2D eigenvalue weighted by Gasteiger charge is -2.34. The Bertz CT molecular complexity index is 5010.